The lowest BCUT2D eigenvalue weighted by Gasteiger charge is -2.11. The van der Waals surface area contributed by atoms with E-state index in [1.54, 1.807) is 12.2 Å². The Morgan fingerprint density at radius 2 is 1.50 bits per heavy atom. The second kappa shape index (κ2) is 13.6. The maximum absolute atomic E-state index is 10.4. The highest BCUT2D eigenvalue weighted by Gasteiger charge is 2.08. The molecule has 0 aliphatic carbocycles. The van der Waals surface area contributed by atoms with Gasteiger partial charge in [-0.05, 0) is 39.0 Å². The number of nitrogens with zero attached hydrogens (tertiary/aromatic N) is 3. The van der Waals surface area contributed by atoms with Crippen LogP contribution in [0.3, 0.4) is 0 Å². The Labute approximate surface area is 119 Å². The minimum absolute atomic E-state index is 0.0190. The van der Waals surface area contributed by atoms with E-state index in [4.69, 9.17) is 0 Å². The molecule has 0 aliphatic heterocycles. The van der Waals surface area contributed by atoms with E-state index in [1.165, 1.54) is 6.08 Å². The molecular formula is C14H21N3O3. The van der Waals surface area contributed by atoms with Crippen molar-refractivity contribution in [3.05, 3.63) is 0 Å². The molecule has 0 N–H and O–H groups in total. The zero-order chi connectivity index (χ0) is 15.1. The van der Waals surface area contributed by atoms with Crippen LogP contribution >= 0.6 is 0 Å². The molecular weight excluding hydrogens is 258 g/mol. The summed E-state index contributed by atoms with van der Waals surface area (Å²) < 4.78 is 0. The number of unbranched alkanes of at least 4 members (excludes halogenated alkanes) is 2. The average Bonchev–Trinajstić information content (AvgIpc) is 2.43. The summed E-state index contributed by atoms with van der Waals surface area (Å²) >= 11 is 0. The maximum Gasteiger partial charge on any atom is 0.235 e. The van der Waals surface area contributed by atoms with Crippen LogP contribution in [0.1, 0.15) is 51.9 Å². The van der Waals surface area contributed by atoms with Crippen molar-refractivity contribution in [2.24, 2.45) is 15.0 Å². The summed E-state index contributed by atoms with van der Waals surface area (Å²) in [6.07, 6.45) is 10.6. The summed E-state index contributed by atoms with van der Waals surface area (Å²) in [6, 6.07) is -0.0518. The number of isocyanates is 3. The molecule has 0 heterocycles. The standard InChI is InChI=1S/C14H21N3O3/c1-13(16-11-19)6-5-8-14(17-12-20)7-3-2-4-9-15-10-18/h13-14H,2-9H2,1H3. The fourth-order valence-corrected chi connectivity index (χ4v) is 1.94. The Balaban J connectivity index is 3.83. The second-order valence-corrected chi connectivity index (χ2v) is 4.70. The van der Waals surface area contributed by atoms with Gasteiger partial charge in [-0.25, -0.2) is 29.4 Å². The summed E-state index contributed by atoms with van der Waals surface area (Å²) in [5.74, 6) is 0. The number of hydrogen-bond acceptors (Lipinski definition) is 6. The molecule has 0 saturated heterocycles. The van der Waals surface area contributed by atoms with Crippen LogP contribution in [0.5, 0.6) is 0 Å². The molecule has 0 saturated carbocycles. The van der Waals surface area contributed by atoms with Gasteiger partial charge >= 0.3 is 0 Å². The highest BCUT2D eigenvalue weighted by Crippen LogP contribution is 2.14. The Morgan fingerprint density at radius 3 is 2.15 bits per heavy atom. The van der Waals surface area contributed by atoms with Crippen molar-refractivity contribution >= 4 is 18.2 Å². The van der Waals surface area contributed by atoms with Gasteiger partial charge in [0.25, 0.3) is 0 Å². The Bertz CT molecular complexity index is 392. The molecule has 2 unspecified atom stereocenters. The SMILES string of the molecule is CC(CCCC(CCCCCN=C=O)N=C=O)N=C=O. The first kappa shape index (κ1) is 18.1. The van der Waals surface area contributed by atoms with Crippen molar-refractivity contribution in [2.75, 3.05) is 6.54 Å². The molecule has 0 aromatic carbocycles. The van der Waals surface area contributed by atoms with E-state index in [-0.39, 0.29) is 12.1 Å². The zero-order valence-electron chi connectivity index (χ0n) is 11.9. The zero-order valence-corrected chi connectivity index (χ0v) is 11.9. The fourth-order valence-electron chi connectivity index (χ4n) is 1.94. The maximum atomic E-state index is 10.4. The average molecular weight is 279 g/mol. The molecule has 0 aromatic heterocycles. The van der Waals surface area contributed by atoms with E-state index in [0.29, 0.717) is 6.54 Å². The number of carbonyl (C=O) groups excluding carboxylic acids is 3. The molecule has 6 nitrogen and oxygen atoms in total. The largest absolute Gasteiger partial charge is 0.235 e. The van der Waals surface area contributed by atoms with Crippen LogP contribution in [0.15, 0.2) is 15.0 Å². The van der Waals surface area contributed by atoms with E-state index in [0.717, 1.165) is 44.9 Å². The van der Waals surface area contributed by atoms with Crippen molar-refractivity contribution in [3.8, 4) is 0 Å². The third-order valence-electron chi connectivity index (χ3n) is 3.04. The molecule has 110 valence electrons. The van der Waals surface area contributed by atoms with E-state index in [1.807, 2.05) is 6.92 Å². The number of hydrogen-bond donors (Lipinski definition) is 0. The van der Waals surface area contributed by atoms with Gasteiger partial charge in [0.15, 0.2) is 0 Å². The topological polar surface area (TPSA) is 88.3 Å². The minimum atomic E-state index is -0.0328. The second-order valence-electron chi connectivity index (χ2n) is 4.70. The smallest absolute Gasteiger partial charge is 0.211 e. The van der Waals surface area contributed by atoms with Crippen LogP contribution in [-0.2, 0) is 14.4 Å². The van der Waals surface area contributed by atoms with Crippen LogP contribution in [0.4, 0.5) is 0 Å². The lowest BCUT2D eigenvalue weighted by molar-refractivity contribution is 0.481. The molecule has 0 bridgehead atoms. The van der Waals surface area contributed by atoms with E-state index < -0.39 is 0 Å². The van der Waals surface area contributed by atoms with Crippen molar-refractivity contribution in [3.63, 3.8) is 0 Å². The van der Waals surface area contributed by atoms with Gasteiger partial charge in [0.1, 0.15) is 0 Å². The molecule has 0 fully saturated rings. The third-order valence-corrected chi connectivity index (χ3v) is 3.04. The van der Waals surface area contributed by atoms with E-state index in [2.05, 4.69) is 15.0 Å². The van der Waals surface area contributed by atoms with Gasteiger partial charge in [-0.3, -0.25) is 0 Å². The molecule has 0 aliphatic rings. The first-order chi connectivity index (χ1) is 9.74. The molecule has 2 atom stereocenters. The van der Waals surface area contributed by atoms with Crippen LogP contribution in [-0.4, -0.2) is 36.9 Å². The monoisotopic (exact) mass is 279 g/mol. The van der Waals surface area contributed by atoms with Crippen molar-refractivity contribution in [1.29, 1.82) is 0 Å². The van der Waals surface area contributed by atoms with Gasteiger partial charge in [-0.2, -0.15) is 0 Å². The Kier molecular flexibility index (Phi) is 12.3. The highest BCUT2D eigenvalue weighted by atomic mass is 16.1. The molecule has 0 radical (unpaired) electrons. The van der Waals surface area contributed by atoms with Crippen molar-refractivity contribution in [1.82, 2.24) is 0 Å². The fraction of sp³-hybridized carbons (Fsp3) is 0.786. The lowest BCUT2D eigenvalue weighted by Crippen LogP contribution is -2.06. The normalized spacial score (nSPS) is 12.4. The Morgan fingerprint density at radius 1 is 0.800 bits per heavy atom. The van der Waals surface area contributed by atoms with E-state index in [9.17, 15) is 14.4 Å². The van der Waals surface area contributed by atoms with Gasteiger partial charge in [0.05, 0.1) is 18.6 Å². The number of aliphatic imine (C=N–C) groups is 3. The minimum Gasteiger partial charge on any atom is -0.211 e. The molecule has 6 heteroatoms. The summed E-state index contributed by atoms with van der Waals surface area (Å²) in [7, 11) is 0. The van der Waals surface area contributed by atoms with Gasteiger partial charge in [0, 0.05) is 0 Å². The van der Waals surface area contributed by atoms with Gasteiger partial charge < -0.3 is 0 Å². The van der Waals surface area contributed by atoms with Gasteiger partial charge in [0.2, 0.25) is 18.2 Å². The van der Waals surface area contributed by atoms with Crippen LogP contribution in [0.2, 0.25) is 0 Å². The first-order valence-electron chi connectivity index (χ1n) is 6.92. The highest BCUT2D eigenvalue weighted by molar-refractivity contribution is 5.33. The summed E-state index contributed by atoms with van der Waals surface area (Å²) in [6.45, 7) is 2.36. The van der Waals surface area contributed by atoms with E-state index >= 15 is 0 Å². The molecule has 0 spiro atoms. The molecule has 0 rings (SSSR count). The summed E-state index contributed by atoms with van der Waals surface area (Å²) in [4.78, 5) is 41.2. The predicted octanol–water partition coefficient (Wildman–Crippen LogP) is 2.48. The summed E-state index contributed by atoms with van der Waals surface area (Å²) in [5, 5.41) is 0. The number of rotatable bonds is 12. The quantitative estimate of drug-likeness (QED) is 0.312. The van der Waals surface area contributed by atoms with Crippen molar-refractivity contribution in [2.45, 2.75) is 64.0 Å². The third kappa shape index (κ3) is 11.2. The summed E-state index contributed by atoms with van der Waals surface area (Å²) in [5.41, 5.74) is 0. The van der Waals surface area contributed by atoms with Gasteiger partial charge in [-0.1, -0.05) is 12.8 Å². The molecule has 0 amide bonds. The predicted molar refractivity (Wildman–Crippen MR) is 74.8 cm³/mol. The van der Waals surface area contributed by atoms with Crippen LogP contribution in [0, 0.1) is 0 Å². The van der Waals surface area contributed by atoms with Crippen molar-refractivity contribution < 1.29 is 14.4 Å². The van der Waals surface area contributed by atoms with Crippen LogP contribution in [0.25, 0.3) is 0 Å². The Hall–Kier alpha value is -1.86. The first-order valence-corrected chi connectivity index (χ1v) is 6.92. The lowest BCUT2D eigenvalue weighted by atomic mass is 10.0. The molecule has 20 heavy (non-hydrogen) atoms. The molecule has 0 aromatic rings. The van der Waals surface area contributed by atoms with Crippen LogP contribution < -0.4 is 0 Å². The van der Waals surface area contributed by atoms with Gasteiger partial charge in [-0.15, -0.1) is 0 Å².